The molecule has 38 heavy (non-hydrogen) atoms. The molecule has 15 nitrogen and oxygen atoms in total. The van der Waals surface area contributed by atoms with E-state index in [9.17, 15) is 28.8 Å². The van der Waals surface area contributed by atoms with E-state index in [4.69, 9.17) is 43.7 Å². The van der Waals surface area contributed by atoms with Crippen molar-refractivity contribution in [1.82, 2.24) is 0 Å². The van der Waals surface area contributed by atoms with E-state index in [0.29, 0.717) is 0 Å². The van der Waals surface area contributed by atoms with Gasteiger partial charge in [-0.1, -0.05) is 0 Å². The van der Waals surface area contributed by atoms with Gasteiger partial charge in [-0.05, 0) is 13.8 Å². The molecule has 218 valence electrons. The molecule has 0 spiro atoms. The lowest BCUT2D eigenvalue weighted by Crippen LogP contribution is -2.31. The standard InChI is InChI=1S/C23H36O15/c1-15(37-22(31)7-4-19(26)27)11-33-13-17(35-9-10-36-21(30)6-3-18(24)25)14-34-12-16(2)38-23(32)8-5-20(28)29/h15-17H,3-14H2,1-2H3,(H,24,25)(H,26,27)(H,28,29). The molecule has 0 bridgehead atoms. The lowest BCUT2D eigenvalue weighted by Gasteiger charge is -2.21. The van der Waals surface area contributed by atoms with Crippen molar-refractivity contribution in [3.05, 3.63) is 0 Å². The third-order valence-electron chi connectivity index (χ3n) is 4.31. The Morgan fingerprint density at radius 2 is 0.947 bits per heavy atom. The first-order valence-electron chi connectivity index (χ1n) is 11.9. The number of rotatable bonds is 23. The highest BCUT2D eigenvalue weighted by atomic mass is 16.6. The number of carboxylic acids is 3. The van der Waals surface area contributed by atoms with E-state index < -0.39 is 54.1 Å². The Balaban J connectivity index is 4.55. The summed E-state index contributed by atoms with van der Waals surface area (Å²) in [4.78, 5) is 66.2. The first kappa shape index (κ1) is 34.7. The Hall–Kier alpha value is -3.30. The molecular weight excluding hydrogens is 516 g/mol. The Labute approximate surface area is 219 Å². The van der Waals surface area contributed by atoms with Crippen molar-refractivity contribution < 1.29 is 72.5 Å². The van der Waals surface area contributed by atoms with Gasteiger partial charge in [-0.15, -0.1) is 0 Å². The maximum atomic E-state index is 11.6. The maximum absolute atomic E-state index is 11.6. The first-order valence-corrected chi connectivity index (χ1v) is 11.9. The van der Waals surface area contributed by atoms with Gasteiger partial charge in [0.15, 0.2) is 0 Å². The van der Waals surface area contributed by atoms with E-state index in [1.807, 2.05) is 0 Å². The Kier molecular flexibility index (Phi) is 18.9. The molecule has 0 aromatic carbocycles. The van der Waals surface area contributed by atoms with Gasteiger partial charge >= 0.3 is 35.8 Å². The van der Waals surface area contributed by atoms with E-state index in [1.165, 1.54) is 0 Å². The minimum Gasteiger partial charge on any atom is -0.481 e. The molecule has 2 unspecified atom stereocenters. The topological polar surface area (TPSA) is 218 Å². The summed E-state index contributed by atoms with van der Waals surface area (Å²) in [5.41, 5.74) is 0. The van der Waals surface area contributed by atoms with Gasteiger partial charge in [-0.2, -0.15) is 0 Å². The van der Waals surface area contributed by atoms with E-state index in [0.717, 1.165) is 0 Å². The van der Waals surface area contributed by atoms with Crippen LogP contribution in [0, 0.1) is 0 Å². The molecular formula is C23H36O15. The third kappa shape index (κ3) is 21.9. The van der Waals surface area contributed by atoms with Crippen LogP contribution in [0.3, 0.4) is 0 Å². The van der Waals surface area contributed by atoms with Crippen LogP contribution in [0.15, 0.2) is 0 Å². The highest BCUT2D eigenvalue weighted by Gasteiger charge is 2.17. The van der Waals surface area contributed by atoms with Gasteiger partial charge in [0, 0.05) is 0 Å². The monoisotopic (exact) mass is 552 g/mol. The molecule has 0 aliphatic rings. The molecule has 0 fully saturated rings. The quantitative estimate of drug-likeness (QED) is 0.0887. The van der Waals surface area contributed by atoms with Crippen molar-refractivity contribution in [1.29, 1.82) is 0 Å². The van der Waals surface area contributed by atoms with Gasteiger partial charge in [0.05, 0.1) is 71.6 Å². The van der Waals surface area contributed by atoms with Crippen molar-refractivity contribution in [3.8, 4) is 0 Å². The fourth-order valence-corrected chi connectivity index (χ4v) is 2.58. The van der Waals surface area contributed by atoms with Crippen LogP contribution in [0.5, 0.6) is 0 Å². The average Bonchev–Trinajstić information content (AvgIpc) is 2.82. The van der Waals surface area contributed by atoms with Crippen molar-refractivity contribution in [2.45, 2.75) is 70.7 Å². The second kappa shape index (κ2) is 20.7. The van der Waals surface area contributed by atoms with Crippen LogP contribution in [0.25, 0.3) is 0 Å². The largest absolute Gasteiger partial charge is 0.481 e. The summed E-state index contributed by atoms with van der Waals surface area (Å²) in [6.45, 7) is 2.79. The van der Waals surface area contributed by atoms with Gasteiger partial charge in [-0.3, -0.25) is 28.8 Å². The molecule has 0 rings (SSSR count). The number of carbonyl (C=O) groups is 6. The summed E-state index contributed by atoms with van der Waals surface area (Å²) < 4.78 is 31.5. The number of ether oxygens (including phenoxy) is 6. The molecule has 2 atom stereocenters. The Morgan fingerprint density at radius 1 is 0.553 bits per heavy atom. The molecule has 0 saturated heterocycles. The van der Waals surface area contributed by atoms with E-state index in [-0.39, 0.29) is 78.2 Å². The summed E-state index contributed by atoms with van der Waals surface area (Å²) in [6.07, 6.45) is -3.91. The van der Waals surface area contributed by atoms with Gasteiger partial charge in [0.1, 0.15) is 24.9 Å². The summed E-state index contributed by atoms with van der Waals surface area (Å²) in [6, 6.07) is 0. The molecule has 0 saturated carbocycles. The van der Waals surface area contributed by atoms with Crippen molar-refractivity contribution in [2.75, 3.05) is 39.6 Å². The molecule has 15 heteroatoms. The predicted molar refractivity (Wildman–Crippen MR) is 124 cm³/mol. The van der Waals surface area contributed by atoms with Gasteiger partial charge in [-0.25, -0.2) is 0 Å². The number of carbonyl (C=O) groups excluding carboxylic acids is 3. The van der Waals surface area contributed by atoms with Crippen LogP contribution in [0.2, 0.25) is 0 Å². The second-order valence-electron chi connectivity index (χ2n) is 8.07. The highest BCUT2D eigenvalue weighted by molar-refractivity contribution is 5.77. The molecule has 0 aromatic heterocycles. The third-order valence-corrected chi connectivity index (χ3v) is 4.31. The van der Waals surface area contributed by atoms with E-state index >= 15 is 0 Å². The van der Waals surface area contributed by atoms with Crippen molar-refractivity contribution in [3.63, 3.8) is 0 Å². The van der Waals surface area contributed by atoms with E-state index in [2.05, 4.69) is 0 Å². The average molecular weight is 553 g/mol. The molecule has 0 aliphatic carbocycles. The normalized spacial score (nSPS) is 13.1. The summed E-state index contributed by atoms with van der Waals surface area (Å²) in [5.74, 6) is -5.44. The summed E-state index contributed by atoms with van der Waals surface area (Å²) >= 11 is 0. The predicted octanol–water partition coefficient (Wildman–Crippen LogP) is 0.406. The van der Waals surface area contributed by atoms with E-state index in [1.54, 1.807) is 13.8 Å². The van der Waals surface area contributed by atoms with Gasteiger partial charge < -0.3 is 43.7 Å². The molecule has 0 aliphatic heterocycles. The van der Waals surface area contributed by atoms with Crippen LogP contribution >= 0.6 is 0 Å². The Bertz CT molecular complexity index is 722. The lowest BCUT2D eigenvalue weighted by atomic mass is 10.3. The number of esters is 3. The van der Waals surface area contributed by atoms with Gasteiger partial charge in [0.25, 0.3) is 0 Å². The minimum atomic E-state index is -1.13. The fourth-order valence-electron chi connectivity index (χ4n) is 2.58. The smallest absolute Gasteiger partial charge is 0.306 e. The van der Waals surface area contributed by atoms with Crippen LogP contribution in [-0.2, 0) is 57.2 Å². The van der Waals surface area contributed by atoms with Gasteiger partial charge in [0.2, 0.25) is 0 Å². The zero-order valence-corrected chi connectivity index (χ0v) is 21.5. The molecule has 0 amide bonds. The highest BCUT2D eigenvalue weighted by Crippen LogP contribution is 2.04. The van der Waals surface area contributed by atoms with Crippen LogP contribution < -0.4 is 0 Å². The molecule has 0 radical (unpaired) electrons. The lowest BCUT2D eigenvalue weighted by molar-refractivity contribution is -0.157. The van der Waals surface area contributed by atoms with Crippen LogP contribution in [0.4, 0.5) is 0 Å². The number of aliphatic carboxylic acids is 3. The van der Waals surface area contributed by atoms with Crippen LogP contribution in [0.1, 0.15) is 52.4 Å². The molecule has 0 heterocycles. The maximum Gasteiger partial charge on any atom is 0.306 e. The van der Waals surface area contributed by atoms with Crippen molar-refractivity contribution >= 4 is 35.8 Å². The number of hydrogen-bond donors (Lipinski definition) is 3. The SMILES string of the molecule is CC(COCC(COCC(C)OC(=O)CCC(=O)O)OCCOC(=O)CCC(=O)O)OC(=O)CCC(=O)O. The zero-order chi connectivity index (χ0) is 28.9. The first-order chi connectivity index (χ1) is 17.9. The minimum absolute atomic E-state index is 0.0273. The number of carboxylic acid groups (broad SMARTS) is 3. The van der Waals surface area contributed by atoms with Crippen LogP contribution in [-0.4, -0.2) is 109 Å². The Morgan fingerprint density at radius 3 is 1.34 bits per heavy atom. The zero-order valence-electron chi connectivity index (χ0n) is 21.5. The van der Waals surface area contributed by atoms with Crippen molar-refractivity contribution in [2.24, 2.45) is 0 Å². The summed E-state index contributed by atoms with van der Waals surface area (Å²) in [5, 5.41) is 25.8. The summed E-state index contributed by atoms with van der Waals surface area (Å²) in [7, 11) is 0. The molecule has 0 aromatic rings. The molecule has 3 N–H and O–H groups in total. The second-order valence-corrected chi connectivity index (χ2v) is 8.07. The fraction of sp³-hybridized carbons (Fsp3) is 0.739. The number of hydrogen-bond acceptors (Lipinski definition) is 12.